The van der Waals surface area contributed by atoms with Gasteiger partial charge >= 0.3 is 6.18 Å². The minimum Gasteiger partial charge on any atom is -0.382 e. The Balaban J connectivity index is 2.01. The predicted octanol–water partition coefficient (Wildman–Crippen LogP) is 3.13. The van der Waals surface area contributed by atoms with Crippen molar-refractivity contribution in [1.82, 2.24) is 19.5 Å². The molecule has 0 aliphatic heterocycles. The van der Waals surface area contributed by atoms with Gasteiger partial charge in [0.2, 0.25) is 5.28 Å². The van der Waals surface area contributed by atoms with E-state index in [1.807, 2.05) is 0 Å². The number of alkyl halides is 3. The molecular weight excluding hydrogens is 319 g/mol. The van der Waals surface area contributed by atoms with Crippen molar-refractivity contribution in [3.63, 3.8) is 0 Å². The Kier molecular flexibility index (Phi) is 3.40. The van der Waals surface area contributed by atoms with Crippen molar-refractivity contribution in [1.29, 1.82) is 0 Å². The van der Waals surface area contributed by atoms with Crippen LogP contribution in [0.4, 0.5) is 19.0 Å². The summed E-state index contributed by atoms with van der Waals surface area (Å²) in [5, 5.41) is -0.0456. The number of imidazole rings is 1. The first kappa shape index (κ1) is 14.6. The van der Waals surface area contributed by atoms with E-state index in [0.717, 1.165) is 12.1 Å². The van der Waals surface area contributed by atoms with E-state index in [0.29, 0.717) is 16.7 Å². The highest BCUT2D eigenvalue weighted by molar-refractivity contribution is 6.28. The van der Waals surface area contributed by atoms with Crippen molar-refractivity contribution in [3.8, 4) is 0 Å². The van der Waals surface area contributed by atoms with E-state index in [9.17, 15) is 13.2 Å². The van der Waals surface area contributed by atoms with E-state index >= 15 is 0 Å². The number of hydrogen-bond acceptors (Lipinski definition) is 4. The molecular formula is C13H9ClF3N5. The van der Waals surface area contributed by atoms with Crippen LogP contribution < -0.4 is 5.73 Å². The van der Waals surface area contributed by atoms with Crippen molar-refractivity contribution in [2.45, 2.75) is 12.7 Å². The number of benzene rings is 1. The van der Waals surface area contributed by atoms with Gasteiger partial charge in [0.1, 0.15) is 5.52 Å². The van der Waals surface area contributed by atoms with Gasteiger partial charge in [-0.1, -0.05) is 12.1 Å². The molecule has 22 heavy (non-hydrogen) atoms. The number of hydrogen-bond donors (Lipinski definition) is 1. The van der Waals surface area contributed by atoms with Crippen molar-refractivity contribution < 1.29 is 13.2 Å². The number of aromatic nitrogens is 4. The fourth-order valence-electron chi connectivity index (χ4n) is 2.10. The second-order valence-electron chi connectivity index (χ2n) is 4.62. The molecule has 2 heterocycles. The second kappa shape index (κ2) is 5.13. The smallest absolute Gasteiger partial charge is 0.382 e. The molecule has 3 aromatic rings. The van der Waals surface area contributed by atoms with Gasteiger partial charge in [-0.3, -0.25) is 0 Å². The quantitative estimate of drug-likeness (QED) is 0.734. The largest absolute Gasteiger partial charge is 0.416 e. The third kappa shape index (κ3) is 2.69. The van der Waals surface area contributed by atoms with E-state index in [1.54, 1.807) is 10.6 Å². The molecule has 0 amide bonds. The number of fused-ring (bicyclic) bond motifs is 1. The summed E-state index contributed by atoms with van der Waals surface area (Å²) in [6, 6.07) is 5.05. The molecule has 0 aliphatic carbocycles. The topological polar surface area (TPSA) is 69.6 Å². The lowest BCUT2D eigenvalue weighted by Gasteiger charge is -2.09. The first-order valence-corrected chi connectivity index (χ1v) is 6.52. The van der Waals surface area contributed by atoms with Crippen LogP contribution in [0.5, 0.6) is 0 Å². The summed E-state index contributed by atoms with van der Waals surface area (Å²) in [6.45, 7) is 0.160. The van der Waals surface area contributed by atoms with Crippen LogP contribution in [0.2, 0.25) is 5.28 Å². The van der Waals surface area contributed by atoms with Crippen LogP contribution >= 0.6 is 11.6 Å². The molecule has 3 rings (SSSR count). The number of nitrogens with zero attached hydrogens (tertiary/aromatic N) is 4. The third-order valence-electron chi connectivity index (χ3n) is 3.07. The number of nitrogens with two attached hydrogens (primary N) is 1. The standard InChI is InChI=1S/C13H9ClF3N5/c14-12-20-10(18)9-11(21-12)22(6-19-9)5-7-2-1-3-8(4-7)13(15,16)17/h1-4,6H,5H2,(H2,18,20,21). The van der Waals surface area contributed by atoms with Crippen LogP contribution in [0.1, 0.15) is 11.1 Å². The fourth-order valence-corrected chi connectivity index (χ4v) is 2.27. The summed E-state index contributed by atoms with van der Waals surface area (Å²) >= 11 is 5.75. The van der Waals surface area contributed by atoms with Crippen LogP contribution in [0.15, 0.2) is 30.6 Å². The van der Waals surface area contributed by atoms with E-state index in [-0.39, 0.29) is 17.6 Å². The number of halogens is 4. The minimum absolute atomic E-state index is 0.0456. The average Bonchev–Trinajstić information content (AvgIpc) is 2.81. The molecule has 2 N–H and O–H groups in total. The van der Waals surface area contributed by atoms with Crippen molar-refractivity contribution in [2.75, 3.05) is 5.73 Å². The first-order valence-electron chi connectivity index (χ1n) is 6.14. The van der Waals surface area contributed by atoms with Gasteiger partial charge in [-0.15, -0.1) is 0 Å². The lowest BCUT2D eigenvalue weighted by Crippen LogP contribution is -2.07. The molecule has 0 saturated carbocycles. The second-order valence-corrected chi connectivity index (χ2v) is 4.96. The van der Waals surface area contributed by atoms with Gasteiger partial charge in [0.15, 0.2) is 11.5 Å². The van der Waals surface area contributed by atoms with Gasteiger partial charge in [-0.05, 0) is 29.3 Å². The normalized spacial score (nSPS) is 12.0. The Morgan fingerprint density at radius 2 is 2.00 bits per heavy atom. The summed E-state index contributed by atoms with van der Waals surface area (Å²) in [5.74, 6) is 0.123. The van der Waals surface area contributed by atoms with Crippen molar-refractivity contribution >= 4 is 28.6 Å². The molecule has 9 heteroatoms. The van der Waals surface area contributed by atoms with Crippen molar-refractivity contribution in [3.05, 3.63) is 47.0 Å². The molecule has 0 atom stereocenters. The Morgan fingerprint density at radius 3 is 2.73 bits per heavy atom. The highest BCUT2D eigenvalue weighted by atomic mass is 35.5. The summed E-state index contributed by atoms with van der Waals surface area (Å²) < 4.78 is 39.8. The maximum absolute atomic E-state index is 12.7. The molecule has 0 bridgehead atoms. The Labute approximate surface area is 127 Å². The SMILES string of the molecule is Nc1nc(Cl)nc2c1ncn2Cc1cccc(C(F)(F)F)c1. The number of rotatable bonds is 2. The summed E-state index contributed by atoms with van der Waals surface area (Å²) in [4.78, 5) is 11.9. The Bertz CT molecular complexity index is 843. The van der Waals surface area contributed by atoms with Gasteiger partial charge in [0.25, 0.3) is 0 Å². The van der Waals surface area contributed by atoms with Crippen molar-refractivity contribution in [2.24, 2.45) is 0 Å². The van der Waals surface area contributed by atoms with E-state index in [4.69, 9.17) is 17.3 Å². The summed E-state index contributed by atoms with van der Waals surface area (Å²) in [6.07, 6.45) is -2.95. The lowest BCUT2D eigenvalue weighted by atomic mass is 10.1. The molecule has 0 spiro atoms. The summed E-state index contributed by atoms with van der Waals surface area (Å²) in [5.41, 5.74) is 6.17. The zero-order valence-electron chi connectivity index (χ0n) is 11.0. The molecule has 0 aliphatic rings. The molecule has 5 nitrogen and oxygen atoms in total. The molecule has 2 aromatic heterocycles. The molecule has 0 unspecified atom stereocenters. The monoisotopic (exact) mass is 327 g/mol. The lowest BCUT2D eigenvalue weighted by molar-refractivity contribution is -0.137. The van der Waals surface area contributed by atoms with Gasteiger partial charge in [0.05, 0.1) is 18.4 Å². The first-order chi connectivity index (χ1) is 10.3. The third-order valence-corrected chi connectivity index (χ3v) is 3.24. The Morgan fingerprint density at radius 1 is 1.23 bits per heavy atom. The zero-order valence-corrected chi connectivity index (χ0v) is 11.7. The van der Waals surface area contributed by atoms with E-state index in [2.05, 4.69) is 15.0 Å². The van der Waals surface area contributed by atoms with Gasteiger partial charge in [0, 0.05) is 0 Å². The average molecular weight is 328 g/mol. The van der Waals surface area contributed by atoms with Crippen LogP contribution in [0.25, 0.3) is 11.2 Å². The number of nitrogen functional groups attached to an aromatic ring is 1. The highest BCUT2D eigenvalue weighted by Gasteiger charge is 2.30. The van der Waals surface area contributed by atoms with Gasteiger partial charge in [-0.25, -0.2) is 4.98 Å². The molecule has 1 aromatic carbocycles. The molecule has 0 saturated heterocycles. The zero-order chi connectivity index (χ0) is 15.9. The predicted molar refractivity (Wildman–Crippen MR) is 75.3 cm³/mol. The maximum atomic E-state index is 12.7. The van der Waals surface area contributed by atoms with Crippen LogP contribution in [0.3, 0.4) is 0 Å². The van der Waals surface area contributed by atoms with Crippen LogP contribution in [-0.4, -0.2) is 19.5 Å². The number of anilines is 1. The van der Waals surface area contributed by atoms with E-state index < -0.39 is 11.7 Å². The molecule has 114 valence electrons. The maximum Gasteiger partial charge on any atom is 0.416 e. The van der Waals surface area contributed by atoms with Gasteiger partial charge in [-0.2, -0.15) is 23.1 Å². The van der Waals surface area contributed by atoms with Gasteiger partial charge < -0.3 is 10.3 Å². The summed E-state index contributed by atoms with van der Waals surface area (Å²) in [7, 11) is 0. The molecule has 0 fully saturated rings. The van der Waals surface area contributed by atoms with Crippen LogP contribution in [0, 0.1) is 0 Å². The fraction of sp³-hybridized carbons (Fsp3) is 0.154. The molecule has 0 radical (unpaired) electrons. The highest BCUT2D eigenvalue weighted by Crippen LogP contribution is 2.30. The van der Waals surface area contributed by atoms with Crippen LogP contribution in [-0.2, 0) is 12.7 Å². The van der Waals surface area contributed by atoms with E-state index in [1.165, 1.54) is 12.4 Å². The Hall–Kier alpha value is -2.35. The minimum atomic E-state index is -4.39.